The summed E-state index contributed by atoms with van der Waals surface area (Å²) in [6.07, 6.45) is 1.55. The molecule has 0 fully saturated rings. The zero-order valence-corrected chi connectivity index (χ0v) is 16.8. The minimum atomic E-state index is -0.748. The molecule has 0 saturated heterocycles. The van der Waals surface area contributed by atoms with E-state index in [1.54, 1.807) is 24.3 Å². The molecule has 151 valence electrons. The molecule has 0 aliphatic carbocycles. The van der Waals surface area contributed by atoms with Crippen molar-refractivity contribution in [2.75, 3.05) is 24.9 Å². The van der Waals surface area contributed by atoms with Gasteiger partial charge in [-0.3, -0.25) is 10.6 Å². The molecule has 0 unspecified atom stereocenters. The molecule has 4 N–H and O–H groups in total. The topological polar surface area (TPSA) is 103 Å². The maximum atomic E-state index is 11.3. The second-order valence-corrected chi connectivity index (χ2v) is 5.97. The van der Waals surface area contributed by atoms with Gasteiger partial charge in [0.25, 0.3) is 0 Å². The second kappa shape index (κ2) is 10.5. The highest BCUT2D eigenvalue weighted by atomic mass is 35.5. The normalized spacial score (nSPS) is 10.4. The van der Waals surface area contributed by atoms with E-state index in [0.717, 1.165) is 11.1 Å². The Balaban J connectivity index is 0.00000392. The number of benzene rings is 2. The van der Waals surface area contributed by atoms with Crippen LogP contribution in [0.4, 0.5) is 21.0 Å². The Bertz CT molecular complexity index is 718. The molecule has 28 heavy (non-hydrogen) atoms. The maximum absolute atomic E-state index is 11.3. The first kappa shape index (κ1) is 23.3. The second-order valence-electron chi connectivity index (χ2n) is 5.97. The van der Waals surface area contributed by atoms with E-state index in [0.29, 0.717) is 17.8 Å². The van der Waals surface area contributed by atoms with Gasteiger partial charge in [-0.2, -0.15) is 0 Å². The predicted octanol–water partition coefficient (Wildman–Crippen LogP) is 4.28. The monoisotopic (exact) mass is 406 g/mol. The summed E-state index contributed by atoms with van der Waals surface area (Å²) in [4.78, 5) is 22.6. The number of amides is 2. The minimum absolute atomic E-state index is 0. The van der Waals surface area contributed by atoms with Gasteiger partial charge >= 0.3 is 12.2 Å². The Labute approximate surface area is 171 Å². The molecule has 0 aliphatic heterocycles. The fourth-order valence-corrected chi connectivity index (χ4v) is 2.76. The number of methoxy groups -OCH3 is 2. The minimum Gasteiger partial charge on any atom is -0.453 e. The van der Waals surface area contributed by atoms with Crippen LogP contribution in [-0.2, 0) is 15.0 Å². The molecular formula is C20H25ClN3O4. The van der Waals surface area contributed by atoms with Crippen molar-refractivity contribution < 1.29 is 19.1 Å². The smallest absolute Gasteiger partial charge is 0.411 e. The highest BCUT2D eigenvalue weighted by Crippen LogP contribution is 2.33. The van der Waals surface area contributed by atoms with Crippen LogP contribution < -0.4 is 16.4 Å². The molecule has 0 bridgehead atoms. The average molecular weight is 407 g/mol. The third kappa shape index (κ3) is 5.61. The highest BCUT2D eigenvalue weighted by molar-refractivity contribution is 5.85. The molecule has 1 radical (unpaired) electrons. The van der Waals surface area contributed by atoms with Crippen molar-refractivity contribution in [3.8, 4) is 0 Å². The van der Waals surface area contributed by atoms with Gasteiger partial charge in [0, 0.05) is 11.4 Å². The lowest BCUT2D eigenvalue weighted by Gasteiger charge is -2.31. The van der Waals surface area contributed by atoms with Gasteiger partial charge in [0.05, 0.1) is 19.8 Å². The van der Waals surface area contributed by atoms with E-state index in [1.165, 1.54) is 14.2 Å². The first-order valence-corrected chi connectivity index (χ1v) is 8.40. The molecule has 7 nitrogen and oxygen atoms in total. The molecule has 0 aromatic heterocycles. The number of carbonyl (C=O) groups excluding carboxylic acids is 2. The molecule has 2 aromatic carbocycles. The molecule has 2 aromatic rings. The maximum Gasteiger partial charge on any atom is 0.411 e. The van der Waals surface area contributed by atoms with Crippen molar-refractivity contribution in [3.63, 3.8) is 0 Å². The summed E-state index contributed by atoms with van der Waals surface area (Å²) in [6, 6.07) is 14.6. The highest BCUT2D eigenvalue weighted by Gasteiger charge is 2.28. The summed E-state index contributed by atoms with van der Waals surface area (Å²) < 4.78 is 9.18. The van der Waals surface area contributed by atoms with Gasteiger partial charge in [-0.1, -0.05) is 31.2 Å². The SMILES string of the molecule is C[CH]CC(N)(c1ccc(NC(=O)OC)cc1)c1ccc(NC(=O)OC)cc1.Cl. The fourth-order valence-electron chi connectivity index (χ4n) is 2.76. The van der Waals surface area contributed by atoms with E-state index in [-0.39, 0.29) is 12.4 Å². The van der Waals surface area contributed by atoms with Crippen LogP contribution in [0.5, 0.6) is 0 Å². The first-order valence-electron chi connectivity index (χ1n) is 8.40. The first-order chi connectivity index (χ1) is 12.9. The van der Waals surface area contributed by atoms with Crippen LogP contribution >= 0.6 is 12.4 Å². The number of halogens is 1. The molecule has 0 aliphatic rings. The average Bonchev–Trinajstić information content (AvgIpc) is 2.69. The number of hydrogen-bond donors (Lipinski definition) is 3. The summed E-state index contributed by atoms with van der Waals surface area (Å²) in [6.45, 7) is 1.95. The van der Waals surface area contributed by atoms with E-state index < -0.39 is 17.7 Å². The van der Waals surface area contributed by atoms with Crippen LogP contribution in [0.3, 0.4) is 0 Å². The number of rotatable bonds is 6. The van der Waals surface area contributed by atoms with Gasteiger partial charge in [0.1, 0.15) is 0 Å². The lowest BCUT2D eigenvalue weighted by atomic mass is 9.80. The number of carbonyl (C=O) groups is 2. The molecule has 8 heteroatoms. The zero-order chi connectivity index (χ0) is 19.9. The Morgan fingerprint density at radius 3 is 1.54 bits per heavy atom. The molecule has 0 saturated carbocycles. The van der Waals surface area contributed by atoms with E-state index in [1.807, 2.05) is 37.6 Å². The van der Waals surface area contributed by atoms with Gasteiger partial charge < -0.3 is 15.2 Å². The molecule has 2 rings (SSSR count). The van der Waals surface area contributed by atoms with Crippen molar-refractivity contribution in [2.45, 2.75) is 18.9 Å². The third-order valence-corrected chi connectivity index (χ3v) is 4.19. The van der Waals surface area contributed by atoms with E-state index in [9.17, 15) is 9.59 Å². The lowest BCUT2D eigenvalue weighted by Crippen LogP contribution is -2.38. The Morgan fingerprint density at radius 1 is 0.893 bits per heavy atom. The van der Waals surface area contributed by atoms with Crippen LogP contribution in [0.2, 0.25) is 0 Å². The zero-order valence-electron chi connectivity index (χ0n) is 16.0. The molecule has 2 amide bonds. The Morgan fingerprint density at radius 2 is 1.25 bits per heavy atom. The van der Waals surface area contributed by atoms with Gasteiger partial charge in [-0.15, -0.1) is 12.4 Å². The third-order valence-electron chi connectivity index (χ3n) is 4.19. The number of nitrogens with one attached hydrogen (secondary N) is 2. The largest absolute Gasteiger partial charge is 0.453 e. The summed E-state index contributed by atoms with van der Waals surface area (Å²) in [5.74, 6) is 0. The number of ether oxygens (including phenoxy) is 2. The predicted molar refractivity (Wildman–Crippen MR) is 112 cm³/mol. The van der Waals surface area contributed by atoms with E-state index in [4.69, 9.17) is 5.73 Å². The van der Waals surface area contributed by atoms with E-state index >= 15 is 0 Å². The molecule has 0 spiro atoms. The van der Waals surface area contributed by atoms with Crippen molar-refractivity contribution in [1.29, 1.82) is 0 Å². The molecule has 0 atom stereocenters. The van der Waals surface area contributed by atoms with Crippen LogP contribution in [0, 0.1) is 6.42 Å². The summed E-state index contributed by atoms with van der Waals surface area (Å²) in [5, 5.41) is 5.22. The van der Waals surface area contributed by atoms with Gasteiger partial charge in [0.15, 0.2) is 0 Å². The van der Waals surface area contributed by atoms with Crippen molar-refractivity contribution >= 4 is 36.0 Å². The summed E-state index contributed by atoms with van der Waals surface area (Å²) in [5.41, 5.74) is 9.02. The van der Waals surface area contributed by atoms with Gasteiger partial charge in [-0.25, -0.2) is 9.59 Å². The van der Waals surface area contributed by atoms with Crippen molar-refractivity contribution in [3.05, 3.63) is 66.1 Å². The van der Waals surface area contributed by atoms with Gasteiger partial charge in [-0.05, 0) is 48.2 Å². The quantitative estimate of drug-likeness (QED) is 0.664. The van der Waals surface area contributed by atoms with Crippen LogP contribution in [0.15, 0.2) is 48.5 Å². The van der Waals surface area contributed by atoms with Crippen LogP contribution in [0.25, 0.3) is 0 Å². The van der Waals surface area contributed by atoms with Crippen molar-refractivity contribution in [1.82, 2.24) is 0 Å². The van der Waals surface area contributed by atoms with Gasteiger partial charge in [0.2, 0.25) is 0 Å². The van der Waals surface area contributed by atoms with Crippen LogP contribution in [-0.4, -0.2) is 26.4 Å². The molecular weight excluding hydrogens is 382 g/mol. The number of hydrogen-bond acceptors (Lipinski definition) is 5. The standard InChI is InChI=1S/C20H24N3O4.ClH/c1-4-13-20(21,14-5-9-16(10-6-14)22-18(24)26-2)15-7-11-17(12-8-15)23-19(25)27-3;/h4-12H,13,21H2,1-3H3,(H,22,24)(H,23,25);1H. The summed E-state index contributed by atoms with van der Waals surface area (Å²) in [7, 11) is 2.62. The Hall–Kier alpha value is -2.77. The van der Waals surface area contributed by atoms with Crippen LogP contribution in [0.1, 0.15) is 24.5 Å². The number of anilines is 2. The summed E-state index contributed by atoms with van der Waals surface area (Å²) >= 11 is 0. The van der Waals surface area contributed by atoms with E-state index in [2.05, 4.69) is 20.1 Å². The molecule has 0 heterocycles. The Kier molecular flexibility index (Phi) is 8.76. The van der Waals surface area contributed by atoms with Crippen molar-refractivity contribution in [2.24, 2.45) is 5.73 Å². The fraction of sp³-hybridized carbons (Fsp3) is 0.250. The number of nitrogens with two attached hydrogens (primary N) is 1. The lowest BCUT2D eigenvalue weighted by molar-refractivity contribution is 0.186.